The maximum Gasteiger partial charge on any atom is 0.264 e. The topological polar surface area (TPSA) is 66.5 Å². The van der Waals surface area contributed by atoms with E-state index >= 15 is 0 Å². The summed E-state index contributed by atoms with van der Waals surface area (Å²) >= 11 is 0. The lowest BCUT2D eigenvalue weighted by atomic mass is 9.97. The molecule has 0 aliphatic heterocycles. The molecule has 3 aromatic carbocycles. The van der Waals surface area contributed by atoms with E-state index in [1.165, 1.54) is 4.31 Å². The van der Waals surface area contributed by atoms with Gasteiger partial charge in [-0.05, 0) is 56.0 Å². The Balaban J connectivity index is 1.91. The summed E-state index contributed by atoms with van der Waals surface area (Å²) in [6.07, 6.45) is 0.755. The van der Waals surface area contributed by atoms with Gasteiger partial charge in [0.1, 0.15) is 6.54 Å². The van der Waals surface area contributed by atoms with Crippen molar-refractivity contribution >= 4 is 21.6 Å². The highest BCUT2D eigenvalue weighted by Crippen LogP contribution is 2.25. The van der Waals surface area contributed by atoms with Gasteiger partial charge in [-0.2, -0.15) is 0 Å². The smallest absolute Gasteiger partial charge is 0.264 e. The first-order chi connectivity index (χ1) is 15.7. The Morgan fingerprint density at radius 1 is 0.848 bits per heavy atom. The van der Waals surface area contributed by atoms with Crippen molar-refractivity contribution in [1.82, 2.24) is 5.32 Å². The van der Waals surface area contributed by atoms with Crippen molar-refractivity contribution in [1.29, 1.82) is 0 Å². The second-order valence-corrected chi connectivity index (χ2v) is 10.7. The summed E-state index contributed by atoms with van der Waals surface area (Å²) in [5, 5.41) is 3.06. The van der Waals surface area contributed by atoms with Gasteiger partial charge in [0.25, 0.3) is 10.0 Å². The average Bonchev–Trinajstić information content (AvgIpc) is 2.78. The van der Waals surface area contributed by atoms with Crippen molar-refractivity contribution in [2.45, 2.75) is 45.1 Å². The molecule has 0 bridgehead atoms. The fourth-order valence-electron chi connectivity index (χ4n) is 3.67. The van der Waals surface area contributed by atoms with E-state index < -0.39 is 10.0 Å². The first-order valence-corrected chi connectivity index (χ1v) is 12.6. The highest BCUT2D eigenvalue weighted by atomic mass is 32.2. The van der Waals surface area contributed by atoms with E-state index in [2.05, 4.69) is 19.2 Å². The zero-order valence-corrected chi connectivity index (χ0v) is 20.5. The Bertz CT molecular complexity index is 1160. The number of sulfonamides is 1. The molecule has 1 N–H and O–H groups in total. The minimum absolute atomic E-state index is 0.156. The first kappa shape index (κ1) is 24.5. The molecular weight excluding hydrogens is 432 g/mol. The molecule has 1 atom stereocenters. The summed E-state index contributed by atoms with van der Waals surface area (Å²) in [4.78, 5) is 13.3. The molecule has 1 amide bonds. The summed E-state index contributed by atoms with van der Waals surface area (Å²) in [6.45, 7) is 7.73. The van der Waals surface area contributed by atoms with Gasteiger partial charge in [-0.15, -0.1) is 0 Å². The fourth-order valence-corrected chi connectivity index (χ4v) is 5.09. The van der Waals surface area contributed by atoms with Gasteiger partial charge in [-0.1, -0.05) is 79.6 Å². The van der Waals surface area contributed by atoms with Crippen LogP contribution in [0.5, 0.6) is 0 Å². The molecule has 3 rings (SSSR count). The summed E-state index contributed by atoms with van der Waals surface area (Å²) in [6, 6.07) is 23.4. The number of benzene rings is 3. The van der Waals surface area contributed by atoms with Crippen LogP contribution < -0.4 is 9.62 Å². The number of amides is 1. The predicted octanol–water partition coefficient (Wildman–Crippen LogP) is 5.40. The summed E-state index contributed by atoms with van der Waals surface area (Å²) in [7, 11) is -3.93. The number of nitrogens with one attached hydrogen (secondary N) is 1. The third-order valence-electron chi connectivity index (χ3n) is 5.46. The fraction of sp³-hybridized carbons (Fsp3) is 0.296. The monoisotopic (exact) mass is 464 g/mol. The van der Waals surface area contributed by atoms with Crippen molar-refractivity contribution in [2.75, 3.05) is 10.8 Å². The van der Waals surface area contributed by atoms with Crippen LogP contribution in [0.25, 0.3) is 0 Å². The second kappa shape index (κ2) is 10.7. The minimum Gasteiger partial charge on any atom is -0.348 e. The largest absolute Gasteiger partial charge is 0.348 e. The van der Waals surface area contributed by atoms with Gasteiger partial charge >= 0.3 is 0 Å². The lowest BCUT2D eigenvalue weighted by Gasteiger charge is -2.26. The number of rotatable bonds is 9. The van der Waals surface area contributed by atoms with Gasteiger partial charge in [0.2, 0.25) is 5.91 Å². The molecule has 0 heterocycles. The van der Waals surface area contributed by atoms with Crippen LogP contribution in [0.15, 0.2) is 83.8 Å². The SMILES string of the molecule is Cc1ccc(N(CC(=O)NC(CC(C)C)c2ccccc2)S(=O)(=O)c2ccc(C)cc2)cc1. The van der Waals surface area contributed by atoms with Gasteiger partial charge in [-0.3, -0.25) is 9.10 Å². The molecule has 5 nitrogen and oxygen atoms in total. The van der Waals surface area contributed by atoms with E-state index in [9.17, 15) is 13.2 Å². The van der Waals surface area contributed by atoms with Gasteiger partial charge in [0, 0.05) is 0 Å². The van der Waals surface area contributed by atoms with Gasteiger partial charge in [0.05, 0.1) is 16.6 Å². The van der Waals surface area contributed by atoms with Crippen molar-refractivity contribution in [3.8, 4) is 0 Å². The molecule has 3 aromatic rings. The molecule has 0 aliphatic rings. The molecular formula is C27H32N2O3S. The van der Waals surface area contributed by atoms with E-state index in [-0.39, 0.29) is 23.4 Å². The van der Waals surface area contributed by atoms with Crippen molar-refractivity contribution in [3.05, 3.63) is 95.6 Å². The molecule has 0 fully saturated rings. The van der Waals surface area contributed by atoms with Crippen molar-refractivity contribution in [3.63, 3.8) is 0 Å². The van der Waals surface area contributed by atoms with Crippen LogP contribution in [-0.2, 0) is 14.8 Å². The highest BCUT2D eigenvalue weighted by Gasteiger charge is 2.28. The zero-order chi connectivity index (χ0) is 24.0. The Hall–Kier alpha value is -3.12. The molecule has 1 unspecified atom stereocenters. The van der Waals surface area contributed by atoms with Crippen LogP contribution in [0.1, 0.15) is 43.0 Å². The van der Waals surface area contributed by atoms with Crippen LogP contribution in [0.4, 0.5) is 5.69 Å². The van der Waals surface area contributed by atoms with Crippen molar-refractivity contribution < 1.29 is 13.2 Å². The average molecular weight is 465 g/mol. The van der Waals surface area contributed by atoms with E-state index in [1.54, 1.807) is 36.4 Å². The number of hydrogen-bond donors (Lipinski definition) is 1. The molecule has 174 valence electrons. The molecule has 0 aliphatic carbocycles. The Morgan fingerprint density at radius 3 is 1.94 bits per heavy atom. The maximum absolute atomic E-state index is 13.5. The van der Waals surface area contributed by atoms with Gasteiger partial charge in [-0.25, -0.2) is 8.42 Å². The third kappa shape index (κ3) is 6.45. The van der Waals surface area contributed by atoms with E-state index in [1.807, 2.05) is 56.3 Å². The normalized spacial score (nSPS) is 12.4. The quantitative estimate of drug-likeness (QED) is 0.461. The number of carbonyl (C=O) groups is 1. The van der Waals surface area contributed by atoms with Crippen LogP contribution in [0.2, 0.25) is 0 Å². The lowest BCUT2D eigenvalue weighted by molar-refractivity contribution is -0.120. The Morgan fingerprint density at radius 2 is 1.39 bits per heavy atom. The van der Waals surface area contributed by atoms with Gasteiger partial charge < -0.3 is 5.32 Å². The minimum atomic E-state index is -3.93. The first-order valence-electron chi connectivity index (χ1n) is 11.2. The number of carbonyl (C=O) groups excluding carboxylic acids is 1. The van der Waals surface area contributed by atoms with Crippen LogP contribution in [0.3, 0.4) is 0 Å². The molecule has 0 saturated heterocycles. The van der Waals surface area contributed by atoms with E-state index in [0.717, 1.165) is 23.1 Å². The Labute approximate surface area is 197 Å². The van der Waals surface area contributed by atoms with Crippen LogP contribution in [0, 0.1) is 19.8 Å². The standard InChI is InChI=1S/C27H32N2O3S/c1-20(2)18-26(23-8-6-5-7-9-23)28-27(30)19-29(24-14-10-21(3)11-15-24)33(31,32)25-16-12-22(4)13-17-25/h5-17,20,26H,18-19H2,1-4H3,(H,28,30). The number of anilines is 1. The van der Waals surface area contributed by atoms with Crippen molar-refractivity contribution in [2.24, 2.45) is 5.92 Å². The zero-order valence-electron chi connectivity index (χ0n) is 19.7. The maximum atomic E-state index is 13.5. The number of nitrogens with zero attached hydrogens (tertiary/aromatic N) is 1. The molecule has 0 spiro atoms. The Kier molecular flexibility index (Phi) is 7.92. The number of hydrogen-bond acceptors (Lipinski definition) is 3. The van der Waals surface area contributed by atoms with Crippen LogP contribution >= 0.6 is 0 Å². The number of aryl methyl sites for hydroxylation is 2. The lowest BCUT2D eigenvalue weighted by Crippen LogP contribution is -2.42. The molecule has 6 heteroatoms. The van der Waals surface area contributed by atoms with Crippen LogP contribution in [-0.4, -0.2) is 20.9 Å². The second-order valence-electron chi connectivity index (χ2n) is 8.82. The summed E-state index contributed by atoms with van der Waals surface area (Å²) in [5.41, 5.74) is 3.43. The molecule has 33 heavy (non-hydrogen) atoms. The highest BCUT2D eigenvalue weighted by molar-refractivity contribution is 7.92. The van der Waals surface area contributed by atoms with E-state index in [4.69, 9.17) is 0 Å². The summed E-state index contributed by atoms with van der Waals surface area (Å²) in [5.74, 6) is 0.0146. The van der Waals surface area contributed by atoms with E-state index in [0.29, 0.717) is 11.6 Å². The third-order valence-corrected chi connectivity index (χ3v) is 7.25. The summed E-state index contributed by atoms with van der Waals surface area (Å²) < 4.78 is 28.3. The molecule has 0 aromatic heterocycles. The molecule has 0 saturated carbocycles. The predicted molar refractivity (Wildman–Crippen MR) is 134 cm³/mol. The van der Waals surface area contributed by atoms with Gasteiger partial charge in [0.15, 0.2) is 0 Å². The molecule has 0 radical (unpaired) electrons.